The zero-order valence-electron chi connectivity index (χ0n) is 12.2. The van der Waals surface area contributed by atoms with E-state index in [0.29, 0.717) is 0 Å². The quantitative estimate of drug-likeness (QED) is 0.693. The molecule has 0 aliphatic carbocycles. The number of carbonyl (C=O) groups is 1. The van der Waals surface area contributed by atoms with Gasteiger partial charge in [-0.05, 0) is 26.4 Å². The second-order valence-electron chi connectivity index (χ2n) is 3.13. The molecule has 0 bridgehead atoms. The Morgan fingerprint density at radius 1 is 1.29 bits per heavy atom. The lowest BCUT2D eigenvalue weighted by Crippen LogP contribution is -2.25. The van der Waals surface area contributed by atoms with Crippen LogP contribution in [-0.4, -0.2) is 37.2 Å². The van der Waals surface area contributed by atoms with Gasteiger partial charge < -0.3 is 4.79 Å². The molecule has 0 spiro atoms. The van der Waals surface area contributed by atoms with Gasteiger partial charge in [0.25, 0.3) is 0 Å². The predicted octanol–water partition coefficient (Wildman–Crippen LogP) is 3.99. The number of hydrogen-bond donors (Lipinski definition) is 0. The van der Waals surface area contributed by atoms with Crippen molar-refractivity contribution in [1.29, 1.82) is 0 Å². The molecule has 4 heteroatoms. The maximum atomic E-state index is 10.8. The summed E-state index contributed by atoms with van der Waals surface area (Å²) >= 11 is 0. The Labute approximate surface area is 105 Å². The molecule has 2 nitrogen and oxygen atoms in total. The van der Waals surface area contributed by atoms with Crippen molar-refractivity contribution in [3.63, 3.8) is 0 Å². The summed E-state index contributed by atoms with van der Waals surface area (Å²) in [6.07, 6.45) is 1.13. The van der Waals surface area contributed by atoms with E-state index in [0.717, 1.165) is 19.3 Å². The lowest BCUT2D eigenvalue weighted by molar-refractivity contribution is -0.111. The molecular formula is C13H29F2NO. The van der Waals surface area contributed by atoms with Gasteiger partial charge in [0.05, 0.1) is 6.04 Å². The number of alkyl halides is 2. The number of halogens is 2. The molecule has 1 heterocycles. The molecule has 17 heavy (non-hydrogen) atoms. The lowest BCUT2D eigenvalue weighted by atomic mass is 10.2. The average Bonchev–Trinajstić information content (AvgIpc) is 2.80. The highest BCUT2D eigenvalue weighted by atomic mass is 19.3. The van der Waals surface area contributed by atoms with Crippen molar-refractivity contribution in [2.75, 3.05) is 13.6 Å². The van der Waals surface area contributed by atoms with Crippen LogP contribution in [-0.2, 0) is 4.79 Å². The van der Waals surface area contributed by atoms with Gasteiger partial charge in [-0.15, -0.1) is 0 Å². The molecular weight excluding hydrogens is 224 g/mol. The Kier molecular flexibility index (Phi) is 22.9. The van der Waals surface area contributed by atoms with Crippen LogP contribution in [0.1, 0.15) is 53.9 Å². The van der Waals surface area contributed by atoms with Gasteiger partial charge in [0.15, 0.2) is 0 Å². The first-order valence-electron chi connectivity index (χ1n) is 6.55. The largest absolute Gasteiger partial charge is 0.302 e. The number of rotatable bonds is 2. The fourth-order valence-electron chi connectivity index (χ4n) is 1.11. The molecule has 0 saturated carbocycles. The molecule has 0 aromatic carbocycles. The standard InChI is InChI=1S/C6H11NO.C3H6F2.2C2H6/c1-7-4-2-3-6(7)5-8;1-2-3(4)5;2*1-2/h5-6H,2-4H2,1H3;3H,2H2,1H3;2*1-2H3. The van der Waals surface area contributed by atoms with Crippen LogP contribution in [0.15, 0.2) is 0 Å². The van der Waals surface area contributed by atoms with E-state index in [4.69, 9.17) is 0 Å². The van der Waals surface area contributed by atoms with Gasteiger partial charge in [0.1, 0.15) is 6.29 Å². The third-order valence-corrected chi connectivity index (χ3v) is 2.04. The van der Waals surface area contributed by atoms with Crippen LogP contribution in [0, 0.1) is 0 Å². The van der Waals surface area contributed by atoms with E-state index in [1.54, 1.807) is 0 Å². The van der Waals surface area contributed by atoms with Crippen LogP contribution in [0.3, 0.4) is 0 Å². The topological polar surface area (TPSA) is 20.3 Å². The van der Waals surface area contributed by atoms with Crippen molar-refractivity contribution in [3.8, 4) is 0 Å². The molecule has 0 amide bonds. The van der Waals surface area contributed by atoms with Crippen molar-refractivity contribution in [2.24, 2.45) is 0 Å². The summed E-state index contributed by atoms with van der Waals surface area (Å²) in [4.78, 5) is 12.3. The highest BCUT2D eigenvalue weighted by Gasteiger charge is 2.18. The summed E-state index contributed by atoms with van der Waals surface area (Å²) in [5.41, 5.74) is 0. The zero-order chi connectivity index (χ0) is 14.3. The molecule has 1 aliphatic rings. The molecule has 106 valence electrons. The van der Waals surface area contributed by atoms with Crippen LogP contribution in [0.4, 0.5) is 8.78 Å². The smallest absolute Gasteiger partial charge is 0.238 e. The summed E-state index contributed by atoms with van der Waals surface area (Å²) in [6.45, 7) is 10.5. The van der Waals surface area contributed by atoms with E-state index >= 15 is 0 Å². The first-order valence-corrected chi connectivity index (χ1v) is 6.55. The van der Waals surface area contributed by atoms with E-state index in [9.17, 15) is 13.6 Å². The minimum atomic E-state index is -2.12. The molecule has 1 saturated heterocycles. The number of likely N-dealkylation sites (N-methyl/N-ethyl adjacent to an activating group) is 1. The Morgan fingerprint density at radius 2 is 1.71 bits per heavy atom. The molecule has 0 aromatic heterocycles. The van der Waals surface area contributed by atoms with E-state index in [1.807, 2.05) is 34.7 Å². The van der Waals surface area contributed by atoms with Gasteiger partial charge in [-0.25, -0.2) is 8.78 Å². The van der Waals surface area contributed by atoms with Crippen LogP contribution >= 0.6 is 0 Å². The summed E-state index contributed by atoms with van der Waals surface area (Å²) in [6, 6.07) is 0.218. The monoisotopic (exact) mass is 253 g/mol. The van der Waals surface area contributed by atoms with Crippen molar-refractivity contribution in [3.05, 3.63) is 0 Å². The van der Waals surface area contributed by atoms with E-state index in [1.165, 1.54) is 13.3 Å². The normalized spacial score (nSPS) is 18.1. The summed E-state index contributed by atoms with van der Waals surface area (Å²) in [7, 11) is 1.99. The molecule has 1 unspecified atom stereocenters. The van der Waals surface area contributed by atoms with Crippen molar-refractivity contribution in [2.45, 2.75) is 66.3 Å². The van der Waals surface area contributed by atoms with Crippen molar-refractivity contribution in [1.82, 2.24) is 4.90 Å². The van der Waals surface area contributed by atoms with E-state index in [2.05, 4.69) is 4.90 Å². The minimum absolute atomic E-state index is 0.0278. The zero-order valence-corrected chi connectivity index (χ0v) is 12.2. The fourth-order valence-corrected chi connectivity index (χ4v) is 1.11. The van der Waals surface area contributed by atoms with Crippen LogP contribution in [0.25, 0.3) is 0 Å². The minimum Gasteiger partial charge on any atom is -0.302 e. The average molecular weight is 253 g/mol. The van der Waals surface area contributed by atoms with Gasteiger partial charge in [-0.3, -0.25) is 4.90 Å². The number of hydrogen-bond acceptors (Lipinski definition) is 2. The lowest BCUT2D eigenvalue weighted by Gasteiger charge is -2.10. The second kappa shape index (κ2) is 17.9. The Bertz CT molecular complexity index is 143. The van der Waals surface area contributed by atoms with Crippen LogP contribution in [0.5, 0.6) is 0 Å². The first-order chi connectivity index (χ1) is 8.11. The van der Waals surface area contributed by atoms with Gasteiger partial charge in [-0.1, -0.05) is 34.6 Å². The summed E-state index contributed by atoms with van der Waals surface area (Å²) in [5, 5.41) is 0. The highest BCUT2D eigenvalue weighted by Crippen LogP contribution is 2.11. The summed E-state index contributed by atoms with van der Waals surface area (Å²) in [5.74, 6) is 0. The van der Waals surface area contributed by atoms with E-state index < -0.39 is 6.43 Å². The van der Waals surface area contributed by atoms with Crippen molar-refractivity contribution >= 4 is 6.29 Å². The molecule has 0 radical (unpaired) electrons. The number of aldehydes is 1. The predicted molar refractivity (Wildman–Crippen MR) is 70.7 cm³/mol. The SMILES string of the molecule is CC.CC.CCC(F)F.CN1CCCC1C=O. The maximum Gasteiger partial charge on any atom is 0.238 e. The second-order valence-corrected chi connectivity index (χ2v) is 3.13. The highest BCUT2D eigenvalue weighted by molar-refractivity contribution is 5.57. The molecule has 0 N–H and O–H groups in total. The number of carbonyl (C=O) groups excluding carboxylic acids is 1. The van der Waals surface area contributed by atoms with Gasteiger partial charge in [0.2, 0.25) is 6.43 Å². The molecule has 1 fully saturated rings. The van der Waals surface area contributed by atoms with Crippen molar-refractivity contribution < 1.29 is 13.6 Å². The van der Waals surface area contributed by atoms with Gasteiger partial charge in [-0.2, -0.15) is 0 Å². The number of nitrogens with zero attached hydrogens (tertiary/aromatic N) is 1. The summed E-state index contributed by atoms with van der Waals surface area (Å²) < 4.78 is 21.5. The molecule has 0 aromatic rings. The first kappa shape index (κ1) is 21.7. The fraction of sp³-hybridized carbons (Fsp3) is 0.923. The van der Waals surface area contributed by atoms with Crippen LogP contribution < -0.4 is 0 Å². The Hall–Kier alpha value is -0.510. The third kappa shape index (κ3) is 15.5. The van der Waals surface area contributed by atoms with E-state index in [-0.39, 0.29) is 12.5 Å². The maximum absolute atomic E-state index is 10.8. The third-order valence-electron chi connectivity index (χ3n) is 2.04. The number of likely N-dealkylation sites (tertiary alicyclic amines) is 1. The Morgan fingerprint density at radius 3 is 1.82 bits per heavy atom. The Balaban J connectivity index is -0.000000190. The molecule has 1 rings (SSSR count). The van der Waals surface area contributed by atoms with Gasteiger partial charge in [0, 0.05) is 6.42 Å². The van der Waals surface area contributed by atoms with Crippen LogP contribution in [0.2, 0.25) is 0 Å². The molecule has 1 aliphatic heterocycles. The van der Waals surface area contributed by atoms with Gasteiger partial charge >= 0.3 is 0 Å². The molecule has 1 atom stereocenters.